The van der Waals surface area contributed by atoms with Gasteiger partial charge in [0.15, 0.2) is 0 Å². The van der Waals surface area contributed by atoms with Gasteiger partial charge < -0.3 is 0 Å². The van der Waals surface area contributed by atoms with E-state index in [2.05, 4.69) is 36.8 Å². The van der Waals surface area contributed by atoms with Crippen molar-refractivity contribution >= 4 is 31.9 Å². The van der Waals surface area contributed by atoms with Gasteiger partial charge >= 0.3 is 0 Å². The fourth-order valence-electron chi connectivity index (χ4n) is 1.52. The molecule has 0 unspecified atom stereocenters. The van der Waals surface area contributed by atoms with Crippen molar-refractivity contribution in [3.05, 3.63) is 68.7 Å². The zero-order valence-electron chi connectivity index (χ0n) is 9.13. The maximum atomic E-state index is 13.0. The molecule has 0 aliphatic carbocycles. The van der Waals surface area contributed by atoms with Crippen molar-refractivity contribution in [1.29, 1.82) is 0 Å². The van der Waals surface area contributed by atoms with Crippen molar-refractivity contribution in [1.82, 2.24) is 4.98 Å². The minimum atomic E-state index is -0.570. The zero-order chi connectivity index (χ0) is 13.1. The SMILES string of the molecule is Fc1cc(F)cc(C[CH]c2nc(Br)ccc2Br)c1. The Kier molecular flexibility index (Phi) is 4.45. The van der Waals surface area contributed by atoms with Crippen LogP contribution in [0.1, 0.15) is 11.3 Å². The predicted octanol–water partition coefficient (Wildman–Crippen LogP) is 4.68. The van der Waals surface area contributed by atoms with Crippen molar-refractivity contribution in [2.45, 2.75) is 6.42 Å². The van der Waals surface area contributed by atoms with E-state index < -0.39 is 11.6 Å². The van der Waals surface area contributed by atoms with Crippen molar-refractivity contribution in [2.24, 2.45) is 0 Å². The first-order chi connectivity index (χ1) is 8.54. The summed E-state index contributed by atoms with van der Waals surface area (Å²) in [7, 11) is 0. The van der Waals surface area contributed by atoms with E-state index in [1.165, 1.54) is 12.1 Å². The first-order valence-electron chi connectivity index (χ1n) is 5.15. The Morgan fingerprint density at radius 3 is 2.39 bits per heavy atom. The molecule has 0 bridgehead atoms. The molecule has 0 aliphatic rings. The van der Waals surface area contributed by atoms with Crippen molar-refractivity contribution < 1.29 is 8.78 Å². The number of rotatable bonds is 3. The highest BCUT2D eigenvalue weighted by atomic mass is 79.9. The molecule has 2 aromatic rings. The van der Waals surface area contributed by atoms with Gasteiger partial charge in [-0.05, 0) is 68.1 Å². The fraction of sp³-hybridized carbons (Fsp3) is 0.0769. The summed E-state index contributed by atoms with van der Waals surface area (Å²) in [6.07, 6.45) is 2.22. The second kappa shape index (κ2) is 5.89. The Labute approximate surface area is 121 Å². The summed E-state index contributed by atoms with van der Waals surface area (Å²) in [5, 5.41) is 0. The maximum absolute atomic E-state index is 13.0. The maximum Gasteiger partial charge on any atom is 0.126 e. The lowest BCUT2D eigenvalue weighted by Gasteiger charge is -2.05. The van der Waals surface area contributed by atoms with Crippen LogP contribution in [0.25, 0.3) is 0 Å². The Balaban J connectivity index is 2.13. The van der Waals surface area contributed by atoms with Crippen LogP contribution in [0.15, 0.2) is 39.4 Å². The summed E-state index contributed by atoms with van der Waals surface area (Å²) >= 11 is 6.64. The summed E-state index contributed by atoms with van der Waals surface area (Å²) in [4.78, 5) is 4.26. The first kappa shape index (κ1) is 13.6. The van der Waals surface area contributed by atoms with Gasteiger partial charge in [0.2, 0.25) is 0 Å². The minimum absolute atomic E-state index is 0.413. The summed E-state index contributed by atoms with van der Waals surface area (Å²) in [6, 6.07) is 7.14. The molecule has 0 fully saturated rings. The molecule has 0 saturated carbocycles. The van der Waals surface area contributed by atoms with Crippen LogP contribution in [-0.2, 0) is 6.42 Å². The molecule has 93 valence electrons. The van der Waals surface area contributed by atoms with E-state index in [9.17, 15) is 8.78 Å². The Morgan fingerprint density at radius 1 is 1.06 bits per heavy atom. The topological polar surface area (TPSA) is 12.9 Å². The molecule has 0 saturated heterocycles. The lowest BCUT2D eigenvalue weighted by molar-refractivity contribution is 0.580. The lowest BCUT2D eigenvalue weighted by atomic mass is 10.1. The molecule has 1 heterocycles. The van der Waals surface area contributed by atoms with E-state index in [-0.39, 0.29) is 0 Å². The quantitative estimate of drug-likeness (QED) is 0.710. The molecule has 5 heteroatoms. The number of hydrogen-bond acceptors (Lipinski definition) is 1. The molecule has 0 amide bonds. The molecule has 18 heavy (non-hydrogen) atoms. The third-order valence-corrected chi connectivity index (χ3v) is 3.40. The van der Waals surface area contributed by atoms with Gasteiger partial charge in [0.1, 0.15) is 16.2 Å². The van der Waals surface area contributed by atoms with Crippen LogP contribution in [-0.4, -0.2) is 4.98 Å². The molecule has 0 atom stereocenters. The predicted molar refractivity (Wildman–Crippen MR) is 73.1 cm³/mol. The number of hydrogen-bond donors (Lipinski definition) is 0. The average molecular weight is 376 g/mol. The number of pyridine rings is 1. The van der Waals surface area contributed by atoms with Gasteiger partial charge in [0, 0.05) is 17.0 Å². The Bertz CT molecular complexity index is 553. The van der Waals surface area contributed by atoms with Crippen LogP contribution in [0.2, 0.25) is 0 Å². The highest BCUT2D eigenvalue weighted by Gasteiger charge is 2.06. The van der Waals surface area contributed by atoms with Crippen LogP contribution < -0.4 is 0 Å². The first-order valence-corrected chi connectivity index (χ1v) is 6.73. The Hall–Kier alpha value is -0.810. The third kappa shape index (κ3) is 3.59. The second-order valence-electron chi connectivity index (χ2n) is 3.69. The van der Waals surface area contributed by atoms with E-state index in [0.717, 1.165) is 16.2 Å². The molecule has 0 aliphatic heterocycles. The highest BCUT2D eigenvalue weighted by molar-refractivity contribution is 9.11. The van der Waals surface area contributed by atoms with Crippen LogP contribution >= 0.6 is 31.9 Å². The number of halogens is 4. The average Bonchev–Trinajstić information content (AvgIpc) is 2.29. The number of benzene rings is 1. The van der Waals surface area contributed by atoms with Crippen LogP contribution in [0.3, 0.4) is 0 Å². The molecule has 1 aromatic carbocycles. The number of nitrogens with zero attached hydrogens (tertiary/aromatic N) is 1. The van der Waals surface area contributed by atoms with E-state index in [1.807, 2.05) is 18.6 Å². The van der Waals surface area contributed by atoms with Gasteiger partial charge in [-0.15, -0.1) is 0 Å². The van der Waals surface area contributed by atoms with Crippen LogP contribution in [0, 0.1) is 18.1 Å². The standard InChI is InChI=1S/C13H8Br2F2N/c14-11-2-4-13(15)18-12(11)3-1-8-5-9(16)7-10(17)6-8/h2-7H,1H2. The zero-order valence-corrected chi connectivity index (χ0v) is 12.3. The van der Waals surface area contributed by atoms with Gasteiger partial charge in [-0.25, -0.2) is 13.8 Å². The largest absolute Gasteiger partial charge is 0.244 e. The molecule has 2 rings (SSSR count). The third-order valence-electron chi connectivity index (χ3n) is 2.29. The van der Waals surface area contributed by atoms with E-state index in [0.29, 0.717) is 16.6 Å². The lowest BCUT2D eigenvalue weighted by Crippen LogP contribution is -1.95. The second-order valence-corrected chi connectivity index (χ2v) is 5.35. The smallest absolute Gasteiger partial charge is 0.126 e. The Morgan fingerprint density at radius 2 is 1.72 bits per heavy atom. The number of aromatic nitrogens is 1. The van der Waals surface area contributed by atoms with Gasteiger partial charge in [0.05, 0.1) is 5.69 Å². The summed E-state index contributed by atoms with van der Waals surface area (Å²) < 4.78 is 27.6. The fourth-order valence-corrected chi connectivity index (χ4v) is 2.23. The van der Waals surface area contributed by atoms with Crippen LogP contribution in [0.5, 0.6) is 0 Å². The van der Waals surface area contributed by atoms with E-state index in [4.69, 9.17) is 0 Å². The van der Waals surface area contributed by atoms with Crippen molar-refractivity contribution in [3.8, 4) is 0 Å². The highest BCUT2D eigenvalue weighted by Crippen LogP contribution is 2.21. The van der Waals surface area contributed by atoms with Crippen molar-refractivity contribution in [2.75, 3.05) is 0 Å². The van der Waals surface area contributed by atoms with Gasteiger partial charge in [-0.2, -0.15) is 0 Å². The van der Waals surface area contributed by atoms with Crippen molar-refractivity contribution in [3.63, 3.8) is 0 Å². The molecular weight excluding hydrogens is 368 g/mol. The minimum Gasteiger partial charge on any atom is -0.244 e. The van der Waals surface area contributed by atoms with Crippen LogP contribution in [0.4, 0.5) is 8.78 Å². The summed E-state index contributed by atoms with van der Waals surface area (Å²) in [6.45, 7) is 0. The molecule has 1 radical (unpaired) electrons. The van der Waals surface area contributed by atoms with Gasteiger partial charge in [0.25, 0.3) is 0 Å². The molecule has 0 N–H and O–H groups in total. The van der Waals surface area contributed by atoms with Gasteiger partial charge in [-0.3, -0.25) is 0 Å². The van der Waals surface area contributed by atoms with E-state index in [1.54, 1.807) is 0 Å². The molecule has 0 spiro atoms. The molecular formula is C13H8Br2F2N. The van der Waals surface area contributed by atoms with Gasteiger partial charge in [-0.1, -0.05) is 0 Å². The van der Waals surface area contributed by atoms with E-state index >= 15 is 0 Å². The summed E-state index contributed by atoms with van der Waals surface area (Å²) in [5.41, 5.74) is 1.30. The molecule has 1 nitrogen and oxygen atoms in total. The monoisotopic (exact) mass is 374 g/mol. The molecule has 1 aromatic heterocycles. The summed E-state index contributed by atoms with van der Waals surface area (Å²) in [5.74, 6) is -1.14. The normalized spacial score (nSPS) is 10.7.